The molecule has 0 saturated carbocycles. The van der Waals surface area contributed by atoms with Crippen molar-refractivity contribution in [3.05, 3.63) is 76.9 Å². The van der Waals surface area contributed by atoms with Crippen LogP contribution in [0.15, 0.2) is 70.8 Å². The van der Waals surface area contributed by atoms with Crippen molar-refractivity contribution < 1.29 is 13.2 Å². The highest BCUT2D eigenvalue weighted by molar-refractivity contribution is 8.00. The van der Waals surface area contributed by atoms with Gasteiger partial charge in [-0.3, -0.25) is 4.79 Å². The number of anilines is 1. The van der Waals surface area contributed by atoms with Crippen molar-refractivity contribution in [1.82, 2.24) is 14.7 Å². The lowest BCUT2D eigenvalue weighted by molar-refractivity contribution is -0.113. The lowest BCUT2D eigenvalue weighted by Crippen LogP contribution is -2.26. The molecule has 2 aromatic carbocycles. The average molecular weight is 581 g/mol. The molecule has 1 aliphatic carbocycles. The van der Waals surface area contributed by atoms with Crippen molar-refractivity contribution in [3.63, 3.8) is 0 Å². The number of fused-ring (bicyclic) bond motifs is 3. The highest BCUT2D eigenvalue weighted by Gasteiger charge is 2.31. The van der Waals surface area contributed by atoms with Gasteiger partial charge in [0.1, 0.15) is 16.2 Å². The zero-order chi connectivity index (χ0) is 27.6. The second-order valence-electron chi connectivity index (χ2n) is 10.8. The van der Waals surface area contributed by atoms with E-state index in [1.807, 2.05) is 30.3 Å². The number of aryl methyl sites for hydroxylation is 1. The molecular weight excluding hydrogens is 549 g/mol. The predicted octanol–water partition coefficient (Wildman–Crippen LogP) is 6.05. The molecule has 2 aromatic heterocycles. The van der Waals surface area contributed by atoms with Gasteiger partial charge in [-0.15, -0.1) is 11.3 Å². The van der Waals surface area contributed by atoms with Crippen molar-refractivity contribution in [2.24, 2.45) is 11.3 Å². The number of carbonyl (C=O) groups is 1. The van der Waals surface area contributed by atoms with E-state index < -0.39 is 10.0 Å². The molecule has 7 nitrogen and oxygen atoms in total. The van der Waals surface area contributed by atoms with Crippen molar-refractivity contribution in [1.29, 1.82) is 0 Å². The fraction of sp³-hybridized carbons (Fsp3) is 0.345. The maximum absolute atomic E-state index is 12.7. The molecule has 4 aromatic rings. The molecule has 0 bridgehead atoms. The zero-order valence-corrected chi connectivity index (χ0v) is 24.7. The van der Waals surface area contributed by atoms with E-state index in [0.29, 0.717) is 11.6 Å². The first-order chi connectivity index (χ1) is 18.6. The van der Waals surface area contributed by atoms with E-state index in [1.165, 1.54) is 34.3 Å². The minimum atomic E-state index is -3.66. The summed E-state index contributed by atoms with van der Waals surface area (Å²) in [5, 5.41) is 4.80. The van der Waals surface area contributed by atoms with Crippen molar-refractivity contribution in [2.45, 2.75) is 56.5 Å². The number of nitrogens with one attached hydrogen (secondary N) is 2. The van der Waals surface area contributed by atoms with E-state index in [4.69, 9.17) is 0 Å². The van der Waals surface area contributed by atoms with E-state index in [1.54, 1.807) is 29.8 Å². The number of hydrogen-bond donors (Lipinski definition) is 2. The van der Waals surface area contributed by atoms with E-state index in [0.717, 1.165) is 40.1 Å². The number of rotatable bonds is 8. The van der Waals surface area contributed by atoms with Gasteiger partial charge in [0.25, 0.3) is 0 Å². The fourth-order valence-corrected chi connectivity index (χ4v) is 8.01. The number of amides is 1. The second-order valence-corrected chi connectivity index (χ2v) is 14.7. The van der Waals surface area contributed by atoms with Crippen LogP contribution in [0.2, 0.25) is 0 Å². The first kappa shape index (κ1) is 27.8. The average Bonchev–Trinajstić information content (AvgIpc) is 3.30. The Morgan fingerprint density at radius 1 is 1.08 bits per heavy atom. The third-order valence-corrected chi connectivity index (χ3v) is 10.7. The molecule has 0 saturated heterocycles. The van der Waals surface area contributed by atoms with Crippen molar-refractivity contribution in [3.8, 4) is 0 Å². The van der Waals surface area contributed by atoms with Crippen LogP contribution in [-0.4, -0.2) is 30.0 Å². The standard InChI is InChI=1S/C29H32N4O3S3/c1-29(2,3)20-9-14-23-24(15-20)38-28-26(23)27(30-18-31-28)37-17-25(34)33-21-10-12-22(13-11-21)39(35,36)32-16-19-7-5-4-6-8-19/h4-8,10-13,18,20,32H,9,14-17H2,1-3H3,(H,33,34)/t20-/m0/s1. The Kier molecular flexibility index (Phi) is 8.09. The molecule has 1 aliphatic rings. The summed E-state index contributed by atoms with van der Waals surface area (Å²) in [5.41, 5.74) is 3.03. The number of benzene rings is 2. The smallest absolute Gasteiger partial charge is 0.240 e. The van der Waals surface area contributed by atoms with Crippen LogP contribution < -0.4 is 10.0 Å². The molecule has 39 heavy (non-hydrogen) atoms. The summed E-state index contributed by atoms with van der Waals surface area (Å²) in [7, 11) is -3.66. The maximum atomic E-state index is 12.7. The Morgan fingerprint density at radius 3 is 2.54 bits per heavy atom. The molecule has 0 unspecified atom stereocenters. The molecule has 0 fully saturated rings. The Morgan fingerprint density at radius 2 is 1.82 bits per heavy atom. The summed E-state index contributed by atoms with van der Waals surface area (Å²) in [6.07, 6.45) is 4.81. The molecule has 1 atom stereocenters. The van der Waals surface area contributed by atoms with Gasteiger partial charge < -0.3 is 5.32 Å². The summed E-state index contributed by atoms with van der Waals surface area (Å²) in [5.74, 6) is 0.662. The molecule has 2 N–H and O–H groups in total. The van der Waals surface area contributed by atoms with Gasteiger partial charge in [0.2, 0.25) is 15.9 Å². The molecule has 0 aliphatic heterocycles. The Hall–Kier alpha value is -2.79. The summed E-state index contributed by atoms with van der Waals surface area (Å²) >= 11 is 3.17. The molecule has 204 valence electrons. The number of nitrogens with zero attached hydrogens (tertiary/aromatic N) is 2. The van der Waals surface area contributed by atoms with Crippen LogP contribution in [0.4, 0.5) is 5.69 Å². The lowest BCUT2D eigenvalue weighted by Gasteiger charge is -2.33. The van der Waals surface area contributed by atoms with Gasteiger partial charge >= 0.3 is 0 Å². The van der Waals surface area contributed by atoms with E-state index >= 15 is 0 Å². The van der Waals surface area contributed by atoms with Crippen LogP contribution in [-0.2, 0) is 34.2 Å². The third-order valence-electron chi connectivity index (χ3n) is 7.13. The van der Waals surface area contributed by atoms with E-state index in [9.17, 15) is 13.2 Å². The normalized spacial score (nSPS) is 15.7. The zero-order valence-electron chi connectivity index (χ0n) is 22.2. The van der Waals surface area contributed by atoms with Gasteiger partial charge in [-0.2, -0.15) is 0 Å². The molecule has 2 heterocycles. The summed E-state index contributed by atoms with van der Waals surface area (Å²) < 4.78 is 27.9. The molecule has 0 radical (unpaired) electrons. The number of aromatic nitrogens is 2. The van der Waals surface area contributed by atoms with Gasteiger partial charge in [-0.25, -0.2) is 23.1 Å². The van der Waals surface area contributed by atoms with Gasteiger partial charge in [0.05, 0.1) is 10.6 Å². The third kappa shape index (κ3) is 6.51. The summed E-state index contributed by atoms with van der Waals surface area (Å²) in [6, 6.07) is 15.5. The quantitative estimate of drug-likeness (QED) is 0.194. The second kappa shape index (κ2) is 11.4. The Balaban J connectivity index is 1.20. The lowest BCUT2D eigenvalue weighted by atomic mass is 9.72. The predicted molar refractivity (Wildman–Crippen MR) is 159 cm³/mol. The fourth-order valence-electron chi connectivity index (χ4n) is 4.84. The highest BCUT2D eigenvalue weighted by Crippen LogP contribution is 2.44. The van der Waals surface area contributed by atoms with Crippen LogP contribution in [0.1, 0.15) is 43.2 Å². The van der Waals surface area contributed by atoms with Crippen LogP contribution in [0.25, 0.3) is 10.2 Å². The number of sulfonamides is 1. The van der Waals surface area contributed by atoms with E-state index in [-0.39, 0.29) is 28.5 Å². The van der Waals surface area contributed by atoms with Crippen LogP contribution in [0, 0.1) is 11.3 Å². The SMILES string of the molecule is CC(C)(C)[C@H]1CCc2c(sc3ncnc(SCC(=O)Nc4ccc(S(=O)(=O)NCc5ccccc5)cc4)c23)C1. The van der Waals surface area contributed by atoms with Gasteiger partial charge in [-0.05, 0) is 66.0 Å². The van der Waals surface area contributed by atoms with Crippen molar-refractivity contribution >= 4 is 54.9 Å². The molecule has 10 heteroatoms. The molecular formula is C29H32N4O3S3. The summed E-state index contributed by atoms with van der Waals surface area (Å²) in [4.78, 5) is 24.3. The number of carbonyl (C=O) groups excluding carboxylic acids is 1. The van der Waals surface area contributed by atoms with Crippen LogP contribution in [0.3, 0.4) is 0 Å². The minimum absolute atomic E-state index is 0.144. The number of hydrogen-bond acceptors (Lipinski definition) is 7. The molecule has 1 amide bonds. The van der Waals surface area contributed by atoms with E-state index in [2.05, 4.69) is 40.8 Å². The van der Waals surface area contributed by atoms with Gasteiger partial charge in [-0.1, -0.05) is 62.9 Å². The molecule has 0 spiro atoms. The molecule has 5 rings (SSSR count). The Labute approximate surface area is 237 Å². The van der Waals surface area contributed by atoms with Gasteiger partial charge in [0, 0.05) is 22.5 Å². The Bertz CT molecular complexity index is 1580. The highest BCUT2D eigenvalue weighted by atomic mass is 32.2. The monoisotopic (exact) mass is 580 g/mol. The van der Waals surface area contributed by atoms with Gasteiger partial charge in [0.15, 0.2) is 0 Å². The topological polar surface area (TPSA) is 101 Å². The largest absolute Gasteiger partial charge is 0.325 e. The first-order valence-electron chi connectivity index (χ1n) is 12.9. The summed E-state index contributed by atoms with van der Waals surface area (Å²) in [6.45, 7) is 7.14. The first-order valence-corrected chi connectivity index (χ1v) is 16.2. The number of thioether (sulfide) groups is 1. The maximum Gasteiger partial charge on any atom is 0.240 e. The van der Waals surface area contributed by atoms with Crippen LogP contribution >= 0.6 is 23.1 Å². The van der Waals surface area contributed by atoms with Crippen molar-refractivity contribution in [2.75, 3.05) is 11.1 Å². The minimum Gasteiger partial charge on any atom is -0.325 e. The number of thiophene rings is 1. The van der Waals surface area contributed by atoms with Crippen LogP contribution in [0.5, 0.6) is 0 Å².